The van der Waals surface area contributed by atoms with E-state index in [0.717, 1.165) is 24.0 Å². The maximum Gasteiger partial charge on any atom is 0.185 e. The third kappa shape index (κ3) is 2.45. The first-order chi connectivity index (χ1) is 7.29. The monoisotopic (exact) mass is 220 g/mol. The van der Waals surface area contributed by atoms with Crippen molar-refractivity contribution in [3.63, 3.8) is 0 Å². The fourth-order valence-corrected chi connectivity index (χ4v) is 2.26. The topological polar surface area (TPSA) is 17.1 Å². The van der Waals surface area contributed by atoms with Gasteiger partial charge in [-0.2, -0.15) is 0 Å². The molecule has 0 aromatic rings. The van der Waals surface area contributed by atoms with Gasteiger partial charge in [-0.3, -0.25) is 4.79 Å². The molecule has 0 fully saturated rings. The Balaban J connectivity index is 3.17. The van der Waals surface area contributed by atoms with Crippen molar-refractivity contribution in [2.45, 2.75) is 54.4 Å². The van der Waals surface area contributed by atoms with Crippen molar-refractivity contribution in [1.29, 1.82) is 0 Å². The summed E-state index contributed by atoms with van der Waals surface area (Å²) in [5.41, 5.74) is 3.37. The molecule has 0 spiro atoms. The van der Waals surface area contributed by atoms with Gasteiger partial charge in [0, 0.05) is 11.1 Å². The lowest BCUT2D eigenvalue weighted by Crippen LogP contribution is -2.14. The van der Waals surface area contributed by atoms with Crippen LogP contribution in [0.15, 0.2) is 22.8 Å². The van der Waals surface area contributed by atoms with Gasteiger partial charge in [0.05, 0.1) is 0 Å². The number of ketones is 1. The number of carbonyl (C=O) groups is 1. The highest BCUT2D eigenvalue weighted by Gasteiger charge is 2.32. The van der Waals surface area contributed by atoms with Crippen molar-refractivity contribution in [2.75, 3.05) is 0 Å². The van der Waals surface area contributed by atoms with Crippen LogP contribution >= 0.6 is 0 Å². The van der Waals surface area contributed by atoms with Gasteiger partial charge in [-0.05, 0) is 23.3 Å². The molecule has 1 aliphatic carbocycles. The Bertz CT molecular complexity index is 348. The van der Waals surface area contributed by atoms with Crippen molar-refractivity contribution in [3.05, 3.63) is 22.8 Å². The fourth-order valence-electron chi connectivity index (χ4n) is 2.26. The Hall–Kier alpha value is -0.850. The molecule has 0 atom stereocenters. The Morgan fingerprint density at radius 2 is 1.81 bits per heavy atom. The van der Waals surface area contributed by atoms with Crippen LogP contribution in [-0.4, -0.2) is 5.78 Å². The highest BCUT2D eigenvalue weighted by atomic mass is 16.1. The molecule has 0 heterocycles. The minimum absolute atomic E-state index is 0.0742. The van der Waals surface area contributed by atoms with Gasteiger partial charge < -0.3 is 0 Å². The zero-order valence-electron chi connectivity index (χ0n) is 11.5. The summed E-state index contributed by atoms with van der Waals surface area (Å²) in [6.07, 6.45) is 4.09. The molecule has 0 aromatic carbocycles. The fraction of sp³-hybridized carbons (Fsp3) is 0.667. The maximum atomic E-state index is 12.3. The van der Waals surface area contributed by atoms with Gasteiger partial charge in [0.1, 0.15) is 0 Å². The van der Waals surface area contributed by atoms with Gasteiger partial charge in [-0.25, -0.2) is 0 Å². The van der Waals surface area contributed by atoms with Crippen molar-refractivity contribution in [3.8, 4) is 0 Å². The van der Waals surface area contributed by atoms with E-state index in [9.17, 15) is 4.79 Å². The minimum atomic E-state index is 0.0742. The zero-order valence-corrected chi connectivity index (χ0v) is 11.5. The van der Waals surface area contributed by atoms with Crippen LogP contribution in [0.4, 0.5) is 0 Å². The molecule has 1 nitrogen and oxygen atoms in total. The van der Waals surface area contributed by atoms with Gasteiger partial charge in [0.15, 0.2) is 5.78 Å². The molecule has 1 rings (SSSR count). The zero-order chi connectivity index (χ0) is 12.5. The number of Topliss-reactive ketones (excluding diaryl/α,β-unsaturated/α-hetero) is 1. The molecule has 90 valence electrons. The Labute approximate surface area is 99.6 Å². The Morgan fingerprint density at radius 1 is 1.25 bits per heavy atom. The van der Waals surface area contributed by atoms with E-state index in [1.807, 2.05) is 0 Å². The van der Waals surface area contributed by atoms with E-state index >= 15 is 0 Å². The lowest BCUT2D eigenvalue weighted by Gasteiger charge is -2.22. The van der Waals surface area contributed by atoms with Crippen LogP contribution in [0.25, 0.3) is 0 Å². The van der Waals surface area contributed by atoms with E-state index in [4.69, 9.17) is 0 Å². The molecule has 0 bridgehead atoms. The van der Waals surface area contributed by atoms with Gasteiger partial charge in [-0.15, -0.1) is 0 Å². The van der Waals surface area contributed by atoms with E-state index in [0.29, 0.717) is 11.7 Å². The van der Waals surface area contributed by atoms with Crippen LogP contribution in [0.1, 0.15) is 54.4 Å². The van der Waals surface area contributed by atoms with Gasteiger partial charge >= 0.3 is 0 Å². The predicted octanol–water partition coefficient (Wildman–Crippen LogP) is 4.29. The number of rotatable bonds is 3. The first-order valence-electron chi connectivity index (χ1n) is 6.29. The average Bonchev–Trinajstić information content (AvgIpc) is 2.44. The van der Waals surface area contributed by atoms with E-state index in [1.54, 1.807) is 0 Å². The smallest absolute Gasteiger partial charge is 0.185 e. The van der Waals surface area contributed by atoms with Crippen LogP contribution in [0.2, 0.25) is 0 Å². The second-order valence-corrected chi connectivity index (χ2v) is 5.98. The van der Waals surface area contributed by atoms with Gasteiger partial charge in [0.25, 0.3) is 0 Å². The van der Waals surface area contributed by atoms with Crippen LogP contribution in [0, 0.1) is 11.3 Å². The summed E-state index contributed by atoms with van der Waals surface area (Å²) in [5.74, 6) is 0.620. The largest absolute Gasteiger partial charge is 0.289 e. The highest BCUT2D eigenvalue weighted by Crippen LogP contribution is 2.39. The molecule has 0 saturated carbocycles. The number of hydrogen-bond donors (Lipinski definition) is 0. The SMILES string of the molecule is CCCC1=CC(C(C)(C)C)=C(C(C)C)C1=O. The molecular formula is C15H24O. The summed E-state index contributed by atoms with van der Waals surface area (Å²) in [6, 6.07) is 0. The Kier molecular flexibility index (Phi) is 3.77. The minimum Gasteiger partial charge on any atom is -0.289 e. The first kappa shape index (κ1) is 13.2. The molecule has 0 N–H and O–H groups in total. The molecule has 16 heavy (non-hydrogen) atoms. The molecule has 0 aliphatic heterocycles. The number of hydrogen-bond acceptors (Lipinski definition) is 1. The molecule has 0 aromatic heterocycles. The number of carbonyl (C=O) groups excluding carboxylic acids is 1. The second kappa shape index (κ2) is 4.57. The van der Waals surface area contributed by atoms with E-state index < -0.39 is 0 Å². The quantitative estimate of drug-likeness (QED) is 0.693. The van der Waals surface area contributed by atoms with Crippen LogP contribution in [0.3, 0.4) is 0 Å². The van der Waals surface area contributed by atoms with E-state index in [1.165, 1.54) is 5.57 Å². The second-order valence-electron chi connectivity index (χ2n) is 5.98. The third-order valence-corrected chi connectivity index (χ3v) is 3.05. The molecule has 1 aliphatic rings. The van der Waals surface area contributed by atoms with E-state index in [2.05, 4.69) is 47.6 Å². The van der Waals surface area contributed by atoms with Gasteiger partial charge in [-0.1, -0.05) is 54.0 Å². The van der Waals surface area contributed by atoms with Crippen LogP contribution in [0.5, 0.6) is 0 Å². The van der Waals surface area contributed by atoms with Crippen molar-refractivity contribution < 1.29 is 4.79 Å². The van der Waals surface area contributed by atoms with Crippen LogP contribution < -0.4 is 0 Å². The van der Waals surface area contributed by atoms with Crippen molar-refractivity contribution in [1.82, 2.24) is 0 Å². The summed E-state index contributed by atoms with van der Waals surface area (Å²) < 4.78 is 0. The van der Waals surface area contributed by atoms with Gasteiger partial charge in [0.2, 0.25) is 0 Å². The lowest BCUT2D eigenvalue weighted by molar-refractivity contribution is -0.112. The average molecular weight is 220 g/mol. The summed E-state index contributed by atoms with van der Waals surface area (Å²) in [4.78, 5) is 12.3. The molecule has 0 radical (unpaired) electrons. The molecular weight excluding hydrogens is 196 g/mol. The molecule has 0 amide bonds. The normalized spacial score (nSPS) is 17.4. The standard InChI is InChI=1S/C15H24O/c1-7-8-11-9-12(15(4,5)6)13(10(2)3)14(11)16/h9-10H,7-8H2,1-6H3. The van der Waals surface area contributed by atoms with Crippen molar-refractivity contribution >= 4 is 5.78 Å². The van der Waals surface area contributed by atoms with Crippen molar-refractivity contribution in [2.24, 2.45) is 11.3 Å². The number of allylic oxidation sites excluding steroid dienone is 4. The molecule has 0 saturated heterocycles. The first-order valence-corrected chi connectivity index (χ1v) is 6.29. The third-order valence-electron chi connectivity index (χ3n) is 3.05. The molecule has 0 unspecified atom stereocenters. The molecule has 1 heteroatoms. The highest BCUT2D eigenvalue weighted by molar-refractivity contribution is 6.12. The summed E-state index contributed by atoms with van der Waals surface area (Å²) in [7, 11) is 0. The summed E-state index contributed by atoms with van der Waals surface area (Å²) >= 11 is 0. The predicted molar refractivity (Wildman–Crippen MR) is 69.3 cm³/mol. The van der Waals surface area contributed by atoms with E-state index in [-0.39, 0.29) is 5.41 Å². The van der Waals surface area contributed by atoms with Crippen LogP contribution in [-0.2, 0) is 4.79 Å². The summed E-state index contributed by atoms with van der Waals surface area (Å²) in [6.45, 7) is 12.9. The maximum absolute atomic E-state index is 12.3. The summed E-state index contributed by atoms with van der Waals surface area (Å²) in [5, 5.41) is 0. The Morgan fingerprint density at radius 3 is 2.12 bits per heavy atom. The lowest BCUT2D eigenvalue weighted by atomic mass is 9.82.